The summed E-state index contributed by atoms with van der Waals surface area (Å²) in [6, 6.07) is 0. The molecule has 36 heavy (non-hydrogen) atoms. The SMILES string of the molecule is CC(C)(C)CC(C)(C)/C=C\C(C)(C)CC(C)(C)CC(=O)OCCC(C)(C)OCCC(C)(C)OCCO. The number of ether oxygens (including phenoxy) is 3. The Morgan fingerprint density at radius 3 is 1.58 bits per heavy atom. The van der Waals surface area contributed by atoms with Crippen LogP contribution in [0.3, 0.4) is 0 Å². The Morgan fingerprint density at radius 1 is 0.667 bits per heavy atom. The summed E-state index contributed by atoms with van der Waals surface area (Å²) < 4.78 is 17.3. The normalized spacial score (nSPS) is 14.5. The Hall–Kier alpha value is -0.910. The molecule has 0 heterocycles. The molecule has 1 N–H and O–H groups in total. The van der Waals surface area contributed by atoms with Crippen LogP contribution < -0.4 is 0 Å². The van der Waals surface area contributed by atoms with E-state index < -0.39 is 5.60 Å². The van der Waals surface area contributed by atoms with Crippen LogP contribution in [0.1, 0.15) is 122 Å². The fourth-order valence-electron chi connectivity index (χ4n) is 5.12. The van der Waals surface area contributed by atoms with Crippen LogP contribution >= 0.6 is 0 Å². The van der Waals surface area contributed by atoms with E-state index in [1.807, 2.05) is 27.7 Å². The van der Waals surface area contributed by atoms with E-state index in [1.165, 1.54) is 0 Å². The van der Waals surface area contributed by atoms with Gasteiger partial charge in [-0.05, 0) is 68.6 Å². The lowest BCUT2D eigenvalue weighted by Gasteiger charge is -2.35. The highest BCUT2D eigenvalue weighted by Crippen LogP contribution is 2.40. The van der Waals surface area contributed by atoms with Gasteiger partial charge in [-0.1, -0.05) is 74.5 Å². The van der Waals surface area contributed by atoms with Gasteiger partial charge in [0.05, 0.1) is 44.1 Å². The molecule has 0 aromatic carbocycles. The van der Waals surface area contributed by atoms with E-state index in [2.05, 4.69) is 74.5 Å². The van der Waals surface area contributed by atoms with Gasteiger partial charge in [0, 0.05) is 6.42 Å². The van der Waals surface area contributed by atoms with Crippen LogP contribution in [0.15, 0.2) is 12.2 Å². The van der Waals surface area contributed by atoms with Crippen molar-refractivity contribution in [3.8, 4) is 0 Å². The zero-order valence-corrected chi connectivity index (χ0v) is 26.1. The van der Waals surface area contributed by atoms with Crippen molar-refractivity contribution in [1.82, 2.24) is 0 Å². The Kier molecular flexibility index (Phi) is 13.4. The summed E-state index contributed by atoms with van der Waals surface area (Å²) in [4.78, 5) is 12.6. The van der Waals surface area contributed by atoms with Gasteiger partial charge in [-0.15, -0.1) is 0 Å². The third-order valence-electron chi connectivity index (χ3n) is 6.28. The predicted molar refractivity (Wildman–Crippen MR) is 151 cm³/mol. The quantitative estimate of drug-likeness (QED) is 0.159. The molecular weight excluding hydrogens is 452 g/mol. The fraction of sp³-hybridized carbons (Fsp3) is 0.903. The predicted octanol–water partition coefficient (Wildman–Crippen LogP) is 7.74. The van der Waals surface area contributed by atoms with Crippen molar-refractivity contribution >= 4 is 5.97 Å². The molecule has 0 unspecified atom stereocenters. The number of rotatable bonds is 17. The van der Waals surface area contributed by atoms with Crippen molar-refractivity contribution in [2.24, 2.45) is 21.7 Å². The van der Waals surface area contributed by atoms with E-state index in [9.17, 15) is 4.79 Å². The lowest BCUT2D eigenvalue weighted by atomic mass is 9.71. The van der Waals surface area contributed by atoms with E-state index in [1.54, 1.807) is 0 Å². The van der Waals surface area contributed by atoms with Crippen LogP contribution in [0.5, 0.6) is 0 Å². The first-order valence-electron chi connectivity index (χ1n) is 13.7. The molecule has 0 aliphatic heterocycles. The lowest BCUT2D eigenvalue weighted by Crippen LogP contribution is -2.32. The summed E-state index contributed by atoms with van der Waals surface area (Å²) in [6.45, 7) is 29.5. The average molecular weight is 513 g/mol. The molecule has 0 aromatic rings. The van der Waals surface area contributed by atoms with Crippen LogP contribution in [-0.2, 0) is 19.0 Å². The van der Waals surface area contributed by atoms with Gasteiger partial charge in [0.2, 0.25) is 0 Å². The van der Waals surface area contributed by atoms with Crippen LogP contribution in [0, 0.1) is 21.7 Å². The molecule has 0 radical (unpaired) electrons. The van der Waals surface area contributed by atoms with E-state index in [4.69, 9.17) is 19.3 Å². The standard InChI is InChI=1S/C31H60O5/c1-26(2,3)23-27(4,5)14-15-28(6,7)24-29(8,9)22-25(33)34-19-16-30(10,11)35-20-17-31(12,13)36-21-18-32/h14-15,32H,16-24H2,1-13H3/b15-14-. The first kappa shape index (κ1) is 35.1. The van der Waals surface area contributed by atoms with Crippen molar-refractivity contribution in [2.45, 2.75) is 133 Å². The molecule has 0 aliphatic rings. The zero-order chi connectivity index (χ0) is 28.5. The molecule has 5 nitrogen and oxygen atoms in total. The smallest absolute Gasteiger partial charge is 0.306 e. The zero-order valence-electron chi connectivity index (χ0n) is 26.1. The van der Waals surface area contributed by atoms with Gasteiger partial charge in [0.15, 0.2) is 0 Å². The Balaban J connectivity index is 4.63. The van der Waals surface area contributed by atoms with E-state index >= 15 is 0 Å². The average Bonchev–Trinajstić information content (AvgIpc) is 2.61. The summed E-state index contributed by atoms with van der Waals surface area (Å²) >= 11 is 0. The van der Waals surface area contributed by atoms with Crippen molar-refractivity contribution in [2.75, 3.05) is 26.4 Å². The van der Waals surface area contributed by atoms with Gasteiger partial charge in [-0.3, -0.25) is 4.79 Å². The summed E-state index contributed by atoms with van der Waals surface area (Å²) in [5, 5.41) is 8.94. The number of hydrogen-bond acceptors (Lipinski definition) is 5. The number of hydrogen-bond donors (Lipinski definition) is 1. The maximum absolute atomic E-state index is 12.6. The summed E-state index contributed by atoms with van der Waals surface area (Å²) in [6.07, 6.45) is 8.47. The molecule has 0 bridgehead atoms. The Labute approximate surface area is 223 Å². The van der Waals surface area contributed by atoms with Crippen LogP contribution in [-0.4, -0.2) is 48.7 Å². The second kappa shape index (κ2) is 13.8. The number of aliphatic hydroxyl groups is 1. The lowest BCUT2D eigenvalue weighted by molar-refractivity contribution is -0.148. The minimum Gasteiger partial charge on any atom is -0.466 e. The molecule has 0 saturated carbocycles. The van der Waals surface area contributed by atoms with Crippen molar-refractivity contribution in [1.29, 1.82) is 0 Å². The van der Waals surface area contributed by atoms with Gasteiger partial charge < -0.3 is 19.3 Å². The molecule has 0 aromatic heterocycles. The minimum atomic E-state index is -0.393. The highest BCUT2D eigenvalue weighted by atomic mass is 16.5. The van der Waals surface area contributed by atoms with Crippen LogP contribution in [0.4, 0.5) is 0 Å². The third-order valence-corrected chi connectivity index (χ3v) is 6.28. The van der Waals surface area contributed by atoms with Gasteiger partial charge in [0.1, 0.15) is 0 Å². The summed E-state index contributed by atoms with van der Waals surface area (Å²) in [7, 11) is 0. The van der Waals surface area contributed by atoms with Crippen molar-refractivity contribution in [3.63, 3.8) is 0 Å². The molecule has 214 valence electrons. The number of allylic oxidation sites excluding steroid dienone is 2. The second-order valence-corrected chi connectivity index (χ2v) is 15.2. The number of esters is 1. The fourth-order valence-corrected chi connectivity index (χ4v) is 5.12. The maximum Gasteiger partial charge on any atom is 0.306 e. The Morgan fingerprint density at radius 2 is 1.11 bits per heavy atom. The first-order chi connectivity index (χ1) is 16.0. The highest BCUT2D eigenvalue weighted by molar-refractivity contribution is 5.70. The van der Waals surface area contributed by atoms with E-state index in [0.29, 0.717) is 32.7 Å². The maximum atomic E-state index is 12.6. The molecule has 0 atom stereocenters. The largest absolute Gasteiger partial charge is 0.466 e. The van der Waals surface area contributed by atoms with Crippen LogP contribution in [0.25, 0.3) is 0 Å². The van der Waals surface area contributed by atoms with Crippen molar-refractivity contribution < 1.29 is 24.1 Å². The van der Waals surface area contributed by atoms with Crippen molar-refractivity contribution in [3.05, 3.63) is 12.2 Å². The summed E-state index contributed by atoms with van der Waals surface area (Å²) in [5.74, 6) is -0.151. The molecule has 0 spiro atoms. The minimum absolute atomic E-state index is 0.0105. The second-order valence-electron chi connectivity index (χ2n) is 15.2. The number of carbonyl (C=O) groups excluding carboxylic acids is 1. The molecule has 5 heteroatoms. The van der Waals surface area contributed by atoms with Crippen LogP contribution in [0.2, 0.25) is 0 Å². The van der Waals surface area contributed by atoms with Gasteiger partial charge >= 0.3 is 5.97 Å². The monoisotopic (exact) mass is 512 g/mol. The molecular formula is C31H60O5. The number of aliphatic hydroxyl groups excluding tert-OH is 1. The number of carbonyl (C=O) groups is 1. The first-order valence-corrected chi connectivity index (χ1v) is 13.7. The van der Waals surface area contributed by atoms with Gasteiger partial charge in [-0.2, -0.15) is 0 Å². The third kappa shape index (κ3) is 18.4. The summed E-state index contributed by atoms with van der Waals surface area (Å²) in [5.41, 5.74) is -0.492. The molecule has 0 aliphatic carbocycles. The Bertz CT molecular complexity index is 678. The molecule has 0 amide bonds. The van der Waals surface area contributed by atoms with E-state index in [0.717, 1.165) is 19.3 Å². The molecule has 0 rings (SSSR count). The van der Waals surface area contributed by atoms with Gasteiger partial charge in [-0.25, -0.2) is 0 Å². The molecule has 0 saturated heterocycles. The highest BCUT2D eigenvalue weighted by Gasteiger charge is 2.31. The molecule has 0 fully saturated rings. The van der Waals surface area contributed by atoms with E-state index in [-0.39, 0.29) is 39.8 Å². The van der Waals surface area contributed by atoms with Gasteiger partial charge in [0.25, 0.3) is 0 Å². The topological polar surface area (TPSA) is 65.0 Å².